The monoisotopic (exact) mass is 354 g/mol. The van der Waals surface area contributed by atoms with E-state index in [2.05, 4.69) is 17.2 Å². The van der Waals surface area contributed by atoms with E-state index in [1.54, 1.807) is 24.3 Å². The maximum absolute atomic E-state index is 12.4. The maximum Gasteiger partial charge on any atom is 0.255 e. The average molecular weight is 354 g/mol. The van der Waals surface area contributed by atoms with Crippen molar-refractivity contribution in [3.8, 4) is 5.75 Å². The summed E-state index contributed by atoms with van der Waals surface area (Å²) in [6.45, 7) is 3.71. The Labute approximate surface area is 142 Å². The molecule has 0 unspecified atom stereocenters. The number of amides is 2. The molecule has 24 heavy (non-hydrogen) atoms. The highest BCUT2D eigenvalue weighted by Crippen LogP contribution is 2.17. The number of rotatable bonds is 9. The number of ether oxygens (including phenoxy) is 1. The Morgan fingerprint density at radius 2 is 2.00 bits per heavy atom. The van der Waals surface area contributed by atoms with E-state index < -0.39 is 27.7 Å². The van der Waals surface area contributed by atoms with Gasteiger partial charge in [-0.1, -0.05) is 18.2 Å². The number of hydrogen-bond donors (Lipinski definition) is 2. The van der Waals surface area contributed by atoms with Crippen molar-refractivity contribution in [3.05, 3.63) is 42.5 Å². The zero-order valence-corrected chi connectivity index (χ0v) is 14.6. The van der Waals surface area contributed by atoms with Gasteiger partial charge in [-0.2, -0.15) is 0 Å². The van der Waals surface area contributed by atoms with Crippen LogP contribution in [0.1, 0.15) is 16.8 Å². The van der Waals surface area contributed by atoms with Gasteiger partial charge >= 0.3 is 0 Å². The number of carbonyl (C=O) groups is 2. The van der Waals surface area contributed by atoms with Crippen LogP contribution in [-0.4, -0.2) is 51.9 Å². The number of hydrogen-bond acceptors (Lipinski definition) is 5. The molecule has 0 fully saturated rings. The fourth-order valence-electron chi connectivity index (χ4n) is 1.96. The molecule has 2 amide bonds. The minimum absolute atomic E-state index is 0.0251. The molecule has 0 aliphatic heterocycles. The van der Waals surface area contributed by atoms with Crippen molar-refractivity contribution in [2.24, 2.45) is 0 Å². The third-order valence-corrected chi connectivity index (χ3v) is 4.15. The molecule has 1 rings (SSSR count). The molecule has 0 bridgehead atoms. The molecule has 7 nitrogen and oxygen atoms in total. The number of para-hydroxylation sites is 1. The Bertz CT molecular complexity index is 700. The lowest BCUT2D eigenvalue weighted by molar-refractivity contribution is -0.122. The van der Waals surface area contributed by atoms with Gasteiger partial charge in [0.2, 0.25) is 5.91 Å². The van der Waals surface area contributed by atoms with Crippen LogP contribution < -0.4 is 15.4 Å². The fraction of sp³-hybridized carbons (Fsp3) is 0.375. The summed E-state index contributed by atoms with van der Waals surface area (Å²) in [6, 6.07) is 5.59. The van der Waals surface area contributed by atoms with E-state index in [9.17, 15) is 18.0 Å². The van der Waals surface area contributed by atoms with Gasteiger partial charge in [-0.25, -0.2) is 8.42 Å². The SMILES string of the molecule is C=CCNC(=O)[C@H](CCS(C)(=O)=O)NC(=O)c1ccccc1OC. The lowest BCUT2D eigenvalue weighted by Crippen LogP contribution is -2.47. The molecular weight excluding hydrogens is 332 g/mol. The number of benzene rings is 1. The molecule has 0 heterocycles. The highest BCUT2D eigenvalue weighted by molar-refractivity contribution is 7.90. The molecule has 1 aromatic carbocycles. The first kappa shape index (κ1) is 19.7. The summed E-state index contributed by atoms with van der Waals surface area (Å²) in [7, 11) is -1.83. The van der Waals surface area contributed by atoms with Crippen molar-refractivity contribution < 1.29 is 22.7 Å². The third-order valence-electron chi connectivity index (χ3n) is 3.17. The molecule has 1 aromatic rings. The first-order chi connectivity index (χ1) is 11.3. The van der Waals surface area contributed by atoms with Gasteiger partial charge in [-0.3, -0.25) is 9.59 Å². The second kappa shape index (κ2) is 9.07. The Kier molecular flexibility index (Phi) is 7.44. The highest BCUT2D eigenvalue weighted by Gasteiger charge is 2.23. The van der Waals surface area contributed by atoms with Crippen LogP contribution in [0.4, 0.5) is 0 Å². The van der Waals surface area contributed by atoms with E-state index in [1.165, 1.54) is 13.2 Å². The Balaban J connectivity index is 2.91. The summed E-state index contributed by atoms with van der Waals surface area (Å²) < 4.78 is 27.8. The quantitative estimate of drug-likeness (QED) is 0.630. The maximum atomic E-state index is 12.4. The Morgan fingerprint density at radius 1 is 1.33 bits per heavy atom. The number of sulfone groups is 1. The van der Waals surface area contributed by atoms with E-state index in [0.717, 1.165) is 6.26 Å². The summed E-state index contributed by atoms with van der Waals surface area (Å²) in [5, 5.41) is 5.12. The van der Waals surface area contributed by atoms with Crippen LogP contribution in [0.2, 0.25) is 0 Å². The Morgan fingerprint density at radius 3 is 2.58 bits per heavy atom. The van der Waals surface area contributed by atoms with Crippen molar-refractivity contribution in [3.63, 3.8) is 0 Å². The van der Waals surface area contributed by atoms with Crippen LogP contribution in [0.25, 0.3) is 0 Å². The van der Waals surface area contributed by atoms with Crippen molar-refractivity contribution in [1.82, 2.24) is 10.6 Å². The van der Waals surface area contributed by atoms with Crippen LogP contribution in [0.15, 0.2) is 36.9 Å². The van der Waals surface area contributed by atoms with Gasteiger partial charge in [0.25, 0.3) is 5.91 Å². The molecule has 132 valence electrons. The summed E-state index contributed by atoms with van der Waals surface area (Å²) in [4.78, 5) is 24.5. The smallest absolute Gasteiger partial charge is 0.255 e. The van der Waals surface area contributed by atoms with Crippen molar-refractivity contribution in [1.29, 1.82) is 0 Å². The predicted octanol–water partition coefficient (Wildman–Crippen LogP) is 0.531. The van der Waals surface area contributed by atoms with Crippen molar-refractivity contribution in [2.75, 3.05) is 25.7 Å². The second-order valence-corrected chi connectivity index (χ2v) is 7.44. The Hall–Kier alpha value is -2.35. The summed E-state index contributed by atoms with van der Waals surface area (Å²) in [5.74, 6) is -0.837. The summed E-state index contributed by atoms with van der Waals surface area (Å²) in [5.41, 5.74) is 0.265. The van der Waals surface area contributed by atoms with Gasteiger partial charge in [0, 0.05) is 12.8 Å². The molecule has 0 saturated heterocycles. The topological polar surface area (TPSA) is 102 Å². The lowest BCUT2D eigenvalue weighted by atomic mass is 10.1. The average Bonchev–Trinajstić information content (AvgIpc) is 2.55. The molecule has 8 heteroatoms. The molecule has 0 aromatic heterocycles. The number of nitrogens with one attached hydrogen (secondary N) is 2. The van der Waals surface area contributed by atoms with E-state index in [4.69, 9.17) is 4.74 Å². The summed E-state index contributed by atoms with van der Waals surface area (Å²) >= 11 is 0. The van der Waals surface area contributed by atoms with E-state index in [1.807, 2.05) is 0 Å². The predicted molar refractivity (Wildman–Crippen MR) is 91.8 cm³/mol. The zero-order valence-electron chi connectivity index (χ0n) is 13.7. The zero-order chi connectivity index (χ0) is 18.2. The van der Waals surface area contributed by atoms with Gasteiger partial charge in [0.1, 0.15) is 21.6 Å². The van der Waals surface area contributed by atoms with Crippen LogP contribution in [-0.2, 0) is 14.6 Å². The molecule has 0 radical (unpaired) electrons. The minimum atomic E-state index is -3.26. The van der Waals surface area contributed by atoms with Gasteiger partial charge in [-0.05, 0) is 18.6 Å². The van der Waals surface area contributed by atoms with Gasteiger partial charge in [-0.15, -0.1) is 6.58 Å². The van der Waals surface area contributed by atoms with Crippen LogP contribution in [0.3, 0.4) is 0 Å². The molecule has 1 atom stereocenters. The lowest BCUT2D eigenvalue weighted by Gasteiger charge is -2.18. The fourth-order valence-corrected chi connectivity index (χ4v) is 2.63. The third kappa shape index (κ3) is 6.41. The van der Waals surface area contributed by atoms with E-state index >= 15 is 0 Å². The molecule has 0 aliphatic carbocycles. The van der Waals surface area contributed by atoms with Crippen molar-refractivity contribution >= 4 is 21.7 Å². The number of methoxy groups -OCH3 is 1. The standard InChI is InChI=1S/C16H22N2O5S/c1-4-10-17-16(20)13(9-11-24(3,21)22)18-15(19)12-7-5-6-8-14(12)23-2/h4-8,13H,1,9-11H2,2-3H3,(H,17,20)(H,18,19)/t13-/m0/s1. The molecule has 0 saturated carbocycles. The first-order valence-electron chi connectivity index (χ1n) is 7.28. The normalized spacial score (nSPS) is 12.1. The van der Waals surface area contributed by atoms with Crippen LogP contribution in [0.5, 0.6) is 5.75 Å². The van der Waals surface area contributed by atoms with E-state index in [-0.39, 0.29) is 24.3 Å². The largest absolute Gasteiger partial charge is 0.496 e. The molecule has 0 aliphatic rings. The van der Waals surface area contributed by atoms with Gasteiger partial charge in [0.05, 0.1) is 18.4 Å². The van der Waals surface area contributed by atoms with E-state index in [0.29, 0.717) is 5.75 Å². The second-order valence-electron chi connectivity index (χ2n) is 5.18. The molecule has 2 N–H and O–H groups in total. The van der Waals surface area contributed by atoms with Gasteiger partial charge in [0.15, 0.2) is 0 Å². The van der Waals surface area contributed by atoms with Crippen LogP contribution in [0, 0.1) is 0 Å². The number of carbonyl (C=O) groups excluding carboxylic acids is 2. The molecular formula is C16H22N2O5S. The highest BCUT2D eigenvalue weighted by atomic mass is 32.2. The van der Waals surface area contributed by atoms with Gasteiger partial charge < -0.3 is 15.4 Å². The summed E-state index contributed by atoms with van der Waals surface area (Å²) in [6.07, 6.45) is 2.55. The molecule has 0 spiro atoms. The minimum Gasteiger partial charge on any atom is -0.496 e. The van der Waals surface area contributed by atoms with Crippen LogP contribution >= 0.6 is 0 Å². The van der Waals surface area contributed by atoms with Crippen molar-refractivity contribution in [2.45, 2.75) is 12.5 Å². The first-order valence-corrected chi connectivity index (χ1v) is 9.34.